The lowest BCUT2D eigenvalue weighted by atomic mass is 10.0. The van der Waals surface area contributed by atoms with E-state index in [1.807, 2.05) is 0 Å². The highest BCUT2D eigenvalue weighted by Gasteiger charge is 2.45. The summed E-state index contributed by atoms with van der Waals surface area (Å²) in [4.78, 5) is 50.4. The molecule has 33 heavy (non-hydrogen) atoms. The number of fused-ring (bicyclic) bond motifs is 1. The molecule has 1 unspecified atom stereocenters. The van der Waals surface area contributed by atoms with Gasteiger partial charge < -0.3 is 14.8 Å². The molecule has 1 aromatic rings. The first kappa shape index (κ1) is 25.6. The van der Waals surface area contributed by atoms with Gasteiger partial charge in [0.25, 0.3) is 11.8 Å². The number of piperidine rings is 1. The molecule has 4 amide bonds. The standard InChI is InChI=1S/C23H30IN3O6/c24-10-3-1-2-4-12-32-14-15-33-13-11-25-17-7-5-6-16-20(17)23(31)27(22(16)30)18-8-9-19(28)26-21(18)29/h5-7,18,25H,1-4,8-15H2,(H,26,28,29). The summed E-state index contributed by atoms with van der Waals surface area (Å²) in [5.74, 6) is -2.06. The molecular formula is C23H30IN3O6. The number of nitrogens with one attached hydrogen (secondary N) is 2. The van der Waals surface area contributed by atoms with Crippen LogP contribution >= 0.6 is 22.6 Å². The van der Waals surface area contributed by atoms with Gasteiger partial charge in [-0.2, -0.15) is 0 Å². The van der Waals surface area contributed by atoms with Crippen molar-refractivity contribution < 1.29 is 28.7 Å². The molecule has 2 heterocycles. The van der Waals surface area contributed by atoms with E-state index in [1.165, 1.54) is 23.7 Å². The van der Waals surface area contributed by atoms with Crippen LogP contribution in [0.15, 0.2) is 18.2 Å². The lowest BCUT2D eigenvalue weighted by molar-refractivity contribution is -0.136. The number of carbonyl (C=O) groups is 4. The van der Waals surface area contributed by atoms with Crippen LogP contribution in [0.25, 0.3) is 0 Å². The van der Waals surface area contributed by atoms with Gasteiger partial charge in [-0.25, -0.2) is 0 Å². The molecule has 1 saturated heterocycles. The van der Waals surface area contributed by atoms with Gasteiger partial charge >= 0.3 is 0 Å². The maximum Gasteiger partial charge on any atom is 0.264 e. The molecule has 0 aromatic heterocycles. The molecule has 9 nitrogen and oxygen atoms in total. The summed E-state index contributed by atoms with van der Waals surface area (Å²) in [6.07, 6.45) is 4.99. The lowest BCUT2D eigenvalue weighted by Crippen LogP contribution is -2.54. The van der Waals surface area contributed by atoms with Crippen molar-refractivity contribution in [3.63, 3.8) is 0 Å². The van der Waals surface area contributed by atoms with Gasteiger partial charge in [0.1, 0.15) is 6.04 Å². The fourth-order valence-electron chi connectivity index (χ4n) is 3.89. The van der Waals surface area contributed by atoms with E-state index >= 15 is 0 Å². The van der Waals surface area contributed by atoms with Gasteiger partial charge in [-0.05, 0) is 35.8 Å². The summed E-state index contributed by atoms with van der Waals surface area (Å²) in [6, 6.07) is 4.01. The molecule has 0 bridgehead atoms. The van der Waals surface area contributed by atoms with Gasteiger partial charge in [-0.15, -0.1) is 0 Å². The minimum Gasteiger partial charge on any atom is -0.382 e. The molecule has 2 N–H and O–H groups in total. The van der Waals surface area contributed by atoms with E-state index in [0.29, 0.717) is 32.1 Å². The first-order valence-electron chi connectivity index (χ1n) is 11.3. The summed E-state index contributed by atoms with van der Waals surface area (Å²) in [7, 11) is 0. The maximum atomic E-state index is 13.0. The summed E-state index contributed by atoms with van der Waals surface area (Å²) in [5.41, 5.74) is 1.02. The zero-order valence-corrected chi connectivity index (χ0v) is 20.7. The number of ether oxygens (including phenoxy) is 2. The van der Waals surface area contributed by atoms with Crippen molar-refractivity contribution in [3.8, 4) is 0 Å². The third kappa shape index (κ3) is 6.73. The average molecular weight is 571 g/mol. The number of alkyl halides is 1. The number of nitrogens with zero attached hydrogens (tertiary/aromatic N) is 1. The third-order valence-corrected chi connectivity index (χ3v) is 6.34. The van der Waals surface area contributed by atoms with Gasteiger partial charge in [0.15, 0.2) is 0 Å². The number of benzene rings is 1. The molecule has 0 saturated carbocycles. The Morgan fingerprint density at radius 1 is 0.970 bits per heavy atom. The fraction of sp³-hybridized carbons (Fsp3) is 0.565. The highest BCUT2D eigenvalue weighted by molar-refractivity contribution is 14.1. The summed E-state index contributed by atoms with van der Waals surface area (Å²) in [6.45, 7) is 2.65. The van der Waals surface area contributed by atoms with Gasteiger partial charge in [0.2, 0.25) is 11.8 Å². The normalized spacial score (nSPS) is 18.0. The second-order valence-corrected chi connectivity index (χ2v) is 9.01. The molecule has 3 rings (SSSR count). The van der Waals surface area contributed by atoms with Gasteiger partial charge in [-0.1, -0.05) is 41.5 Å². The predicted molar refractivity (Wildman–Crippen MR) is 131 cm³/mol. The number of unbranched alkanes of at least 4 members (excludes halogenated alkanes) is 3. The van der Waals surface area contributed by atoms with E-state index in [0.717, 1.165) is 17.9 Å². The van der Waals surface area contributed by atoms with Crippen molar-refractivity contribution in [2.75, 3.05) is 42.7 Å². The summed E-state index contributed by atoms with van der Waals surface area (Å²) in [5, 5.41) is 5.35. The fourth-order valence-corrected chi connectivity index (χ4v) is 4.43. The molecule has 0 radical (unpaired) electrons. The smallest absolute Gasteiger partial charge is 0.264 e. The number of halogens is 1. The Morgan fingerprint density at radius 2 is 1.73 bits per heavy atom. The number of carbonyl (C=O) groups excluding carboxylic acids is 4. The number of imide groups is 2. The lowest BCUT2D eigenvalue weighted by Gasteiger charge is -2.27. The second-order valence-electron chi connectivity index (χ2n) is 7.93. The van der Waals surface area contributed by atoms with Crippen LogP contribution < -0.4 is 10.6 Å². The van der Waals surface area contributed by atoms with E-state index in [-0.39, 0.29) is 24.0 Å². The highest BCUT2D eigenvalue weighted by Crippen LogP contribution is 2.32. The molecule has 1 aromatic carbocycles. The highest BCUT2D eigenvalue weighted by atomic mass is 127. The van der Waals surface area contributed by atoms with Crippen molar-refractivity contribution in [2.45, 2.75) is 44.6 Å². The Balaban J connectivity index is 1.43. The number of anilines is 1. The van der Waals surface area contributed by atoms with Gasteiger partial charge in [0, 0.05) is 25.3 Å². The molecule has 180 valence electrons. The molecule has 0 spiro atoms. The monoisotopic (exact) mass is 571 g/mol. The van der Waals surface area contributed by atoms with Crippen LogP contribution in [0.2, 0.25) is 0 Å². The van der Waals surface area contributed by atoms with Crippen LogP contribution in [-0.2, 0) is 19.1 Å². The third-order valence-electron chi connectivity index (χ3n) is 5.57. The summed E-state index contributed by atoms with van der Waals surface area (Å²) < 4.78 is 12.3. The molecule has 1 atom stereocenters. The van der Waals surface area contributed by atoms with Gasteiger partial charge in [-0.3, -0.25) is 29.4 Å². The molecular weight excluding hydrogens is 541 g/mol. The van der Waals surface area contributed by atoms with E-state index in [1.54, 1.807) is 18.2 Å². The van der Waals surface area contributed by atoms with E-state index < -0.39 is 29.7 Å². The van der Waals surface area contributed by atoms with E-state index in [9.17, 15) is 19.2 Å². The van der Waals surface area contributed by atoms with Crippen LogP contribution in [0.1, 0.15) is 59.2 Å². The molecule has 0 aliphatic carbocycles. The zero-order valence-electron chi connectivity index (χ0n) is 18.6. The first-order valence-corrected chi connectivity index (χ1v) is 12.9. The van der Waals surface area contributed by atoms with E-state index in [4.69, 9.17) is 9.47 Å². The maximum absolute atomic E-state index is 13.0. The Bertz CT molecular complexity index is 878. The molecule has 2 aliphatic heterocycles. The van der Waals surface area contributed by atoms with Crippen LogP contribution in [0.5, 0.6) is 0 Å². The first-order chi connectivity index (χ1) is 16.0. The molecule has 2 aliphatic rings. The summed E-state index contributed by atoms with van der Waals surface area (Å²) >= 11 is 2.39. The minimum atomic E-state index is -0.974. The topological polar surface area (TPSA) is 114 Å². The number of amides is 4. The number of rotatable bonds is 14. The molecule has 10 heteroatoms. The quantitative estimate of drug-likeness (QED) is 0.153. The Hall–Kier alpha value is -2.05. The predicted octanol–water partition coefficient (Wildman–Crippen LogP) is 2.53. The van der Waals surface area contributed by atoms with Crippen LogP contribution in [0.4, 0.5) is 5.69 Å². The van der Waals surface area contributed by atoms with Crippen molar-refractivity contribution in [1.82, 2.24) is 10.2 Å². The molecule has 1 fully saturated rings. The Labute approximate surface area is 207 Å². The van der Waals surface area contributed by atoms with Crippen LogP contribution in [0, 0.1) is 0 Å². The van der Waals surface area contributed by atoms with Crippen LogP contribution in [0.3, 0.4) is 0 Å². The number of hydrogen-bond donors (Lipinski definition) is 2. The second kappa shape index (κ2) is 13.0. The number of hydrogen-bond acceptors (Lipinski definition) is 7. The van der Waals surface area contributed by atoms with Gasteiger partial charge in [0.05, 0.1) is 30.9 Å². The van der Waals surface area contributed by atoms with E-state index in [2.05, 4.69) is 33.2 Å². The Morgan fingerprint density at radius 3 is 2.48 bits per heavy atom. The average Bonchev–Trinajstić information content (AvgIpc) is 3.05. The largest absolute Gasteiger partial charge is 0.382 e. The van der Waals surface area contributed by atoms with Crippen LogP contribution in [-0.4, -0.2) is 72.0 Å². The minimum absolute atomic E-state index is 0.0918. The zero-order chi connectivity index (χ0) is 23.6. The van der Waals surface area contributed by atoms with Crippen molar-refractivity contribution in [2.24, 2.45) is 0 Å². The van der Waals surface area contributed by atoms with Crippen molar-refractivity contribution in [3.05, 3.63) is 29.3 Å². The van der Waals surface area contributed by atoms with Crippen molar-refractivity contribution in [1.29, 1.82) is 0 Å². The van der Waals surface area contributed by atoms with Crippen molar-refractivity contribution >= 4 is 51.9 Å². The SMILES string of the molecule is O=C1CCC(N2C(=O)c3cccc(NCCOCCOCCCCCCI)c3C2=O)C(=O)N1. The Kier molecular flexibility index (Phi) is 10.1.